The smallest absolute Gasteiger partial charge is 0.404 e. The molecule has 1 aliphatic rings. The highest BCUT2D eigenvalue weighted by molar-refractivity contribution is 5.87. The third-order valence-electron chi connectivity index (χ3n) is 3.42. The van der Waals surface area contributed by atoms with Gasteiger partial charge in [-0.05, 0) is 19.4 Å². The van der Waals surface area contributed by atoms with E-state index in [9.17, 15) is 9.59 Å². The first-order valence-electron chi connectivity index (χ1n) is 5.78. The summed E-state index contributed by atoms with van der Waals surface area (Å²) in [5.41, 5.74) is 0.133. The van der Waals surface area contributed by atoms with Crippen LogP contribution in [0.5, 0.6) is 0 Å². The lowest BCUT2D eigenvalue weighted by Gasteiger charge is -2.27. The van der Waals surface area contributed by atoms with Gasteiger partial charge in [0, 0.05) is 0 Å². The van der Waals surface area contributed by atoms with Gasteiger partial charge in [-0.3, -0.25) is 4.79 Å². The fraction of sp³-hybridized carbons (Fsp3) is 0.385. The third kappa shape index (κ3) is 2.03. The molecule has 18 heavy (non-hydrogen) atoms. The second-order valence-corrected chi connectivity index (χ2v) is 5.01. The van der Waals surface area contributed by atoms with Crippen molar-refractivity contribution in [3.63, 3.8) is 0 Å². The Bertz CT molecular complexity index is 470. The first-order valence-corrected chi connectivity index (χ1v) is 5.78. The van der Waals surface area contributed by atoms with E-state index in [-0.39, 0.29) is 11.9 Å². The standard InChI is InChI=1S/C13H16N2O3/c1-13(2)10(15-12(17)18)9(14-11(13)16)8-6-4-3-5-7-8/h3-7,9-10,15H,1-2H3,(H,14,16)(H,17,18)/t9-,10-/m0/s1. The van der Waals surface area contributed by atoms with E-state index in [4.69, 9.17) is 5.11 Å². The Labute approximate surface area is 105 Å². The molecule has 96 valence electrons. The van der Waals surface area contributed by atoms with Crippen LogP contribution in [0, 0.1) is 5.41 Å². The topological polar surface area (TPSA) is 78.4 Å². The number of hydrogen-bond donors (Lipinski definition) is 3. The predicted octanol–water partition coefficient (Wildman–Crippen LogP) is 1.52. The summed E-state index contributed by atoms with van der Waals surface area (Å²) in [7, 11) is 0. The highest BCUT2D eigenvalue weighted by Gasteiger charge is 2.49. The maximum absolute atomic E-state index is 11.9. The molecule has 5 nitrogen and oxygen atoms in total. The minimum absolute atomic E-state index is 0.143. The molecule has 1 aromatic carbocycles. The summed E-state index contributed by atoms with van der Waals surface area (Å²) >= 11 is 0. The molecule has 1 aromatic rings. The molecule has 5 heteroatoms. The first kappa shape index (κ1) is 12.4. The van der Waals surface area contributed by atoms with E-state index < -0.39 is 17.6 Å². The van der Waals surface area contributed by atoms with Crippen molar-refractivity contribution in [1.29, 1.82) is 0 Å². The fourth-order valence-corrected chi connectivity index (χ4v) is 2.30. The third-order valence-corrected chi connectivity index (χ3v) is 3.42. The summed E-state index contributed by atoms with van der Waals surface area (Å²) in [6, 6.07) is 8.56. The molecule has 1 saturated heterocycles. The predicted molar refractivity (Wildman–Crippen MR) is 66.1 cm³/mol. The van der Waals surface area contributed by atoms with Gasteiger partial charge in [0.15, 0.2) is 0 Å². The van der Waals surface area contributed by atoms with Crippen LogP contribution in [0.2, 0.25) is 0 Å². The minimum atomic E-state index is -1.12. The maximum atomic E-state index is 11.9. The lowest BCUT2D eigenvalue weighted by Crippen LogP contribution is -2.45. The molecular formula is C13H16N2O3. The summed E-state index contributed by atoms with van der Waals surface area (Å²) < 4.78 is 0. The van der Waals surface area contributed by atoms with E-state index in [1.807, 2.05) is 30.3 Å². The second kappa shape index (κ2) is 4.33. The molecule has 0 radical (unpaired) electrons. The number of carbonyl (C=O) groups excluding carboxylic acids is 1. The average Bonchev–Trinajstić information content (AvgIpc) is 2.54. The van der Waals surface area contributed by atoms with Crippen LogP contribution in [0.1, 0.15) is 25.5 Å². The van der Waals surface area contributed by atoms with Crippen LogP contribution in [0.3, 0.4) is 0 Å². The molecule has 2 atom stereocenters. The number of amides is 2. The van der Waals surface area contributed by atoms with Crippen molar-refractivity contribution in [2.24, 2.45) is 5.41 Å². The normalized spacial score (nSPS) is 25.6. The van der Waals surface area contributed by atoms with Gasteiger partial charge in [0.2, 0.25) is 5.91 Å². The molecule has 3 N–H and O–H groups in total. The van der Waals surface area contributed by atoms with Crippen molar-refractivity contribution in [2.75, 3.05) is 0 Å². The molecule has 0 aliphatic carbocycles. The van der Waals surface area contributed by atoms with Crippen LogP contribution in [0.4, 0.5) is 4.79 Å². The quantitative estimate of drug-likeness (QED) is 0.742. The zero-order valence-electron chi connectivity index (χ0n) is 10.3. The Morgan fingerprint density at radius 3 is 2.50 bits per heavy atom. The number of hydrogen-bond acceptors (Lipinski definition) is 2. The molecular weight excluding hydrogens is 232 g/mol. The summed E-state index contributed by atoms with van der Waals surface area (Å²) in [5, 5.41) is 14.2. The van der Waals surface area contributed by atoms with Gasteiger partial charge in [0.05, 0.1) is 17.5 Å². The number of carbonyl (C=O) groups is 2. The van der Waals surface area contributed by atoms with Crippen molar-refractivity contribution in [3.05, 3.63) is 35.9 Å². The van der Waals surface area contributed by atoms with Crippen molar-refractivity contribution in [3.8, 4) is 0 Å². The Kier molecular flexibility index (Phi) is 2.98. The van der Waals surface area contributed by atoms with Gasteiger partial charge >= 0.3 is 6.09 Å². The van der Waals surface area contributed by atoms with Gasteiger partial charge in [-0.1, -0.05) is 30.3 Å². The molecule has 2 rings (SSSR count). The second-order valence-electron chi connectivity index (χ2n) is 5.01. The highest BCUT2D eigenvalue weighted by atomic mass is 16.4. The number of nitrogens with one attached hydrogen (secondary N) is 2. The molecule has 0 saturated carbocycles. The van der Waals surface area contributed by atoms with Gasteiger partial charge in [-0.15, -0.1) is 0 Å². The van der Waals surface area contributed by atoms with E-state index in [0.717, 1.165) is 5.56 Å². The molecule has 0 unspecified atom stereocenters. The van der Waals surface area contributed by atoms with Crippen molar-refractivity contribution >= 4 is 12.0 Å². The summed E-state index contributed by atoms with van der Waals surface area (Å²) in [4.78, 5) is 22.8. The van der Waals surface area contributed by atoms with Crippen LogP contribution in [0.25, 0.3) is 0 Å². The molecule has 2 amide bonds. The molecule has 1 aliphatic heterocycles. The van der Waals surface area contributed by atoms with Crippen LogP contribution in [-0.2, 0) is 4.79 Å². The van der Waals surface area contributed by atoms with Crippen molar-refractivity contribution < 1.29 is 14.7 Å². The van der Waals surface area contributed by atoms with E-state index in [1.54, 1.807) is 13.8 Å². The zero-order chi connectivity index (χ0) is 13.3. The average molecular weight is 248 g/mol. The van der Waals surface area contributed by atoms with Crippen LogP contribution >= 0.6 is 0 Å². The summed E-state index contributed by atoms with van der Waals surface area (Å²) in [5.74, 6) is -0.143. The van der Waals surface area contributed by atoms with Gasteiger partial charge in [-0.25, -0.2) is 4.79 Å². The zero-order valence-corrected chi connectivity index (χ0v) is 10.3. The summed E-state index contributed by atoms with van der Waals surface area (Å²) in [6.45, 7) is 3.48. The fourth-order valence-electron chi connectivity index (χ4n) is 2.30. The highest BCUT2D eigenvalue weighted by Crippen LogP contribution is 2.37. The van der Waals surface area contributed by atoms with Gasteiger partial charge in [0.1, 0.15) is 0 Å². The Morgan fingerprint density at radius 2 is 1.94 bits per heavy atom. The Hall–Kier alpha value is -2.04. The SMILES string of the molecule is CC1(C)C(=O)N[C@@H](c2ccccc2)[C@@H]1NC(=O)O. The largest absolute Gasteiger partial charge is 0.465 e. The molecule has 1 fully saturated rings. The van der Waals surface area contributed by atoms with Crippen LogP contribution in [0.15, 0.2) is 30.3 Å². The Morgan fingerprint density at radius 1 is 1.33 bits per heavy atom. The number of rotatable bonds is 2. The molecule has 0 aromatic heterocycles. The minimum Gasteiger partial charge on any atom is -0.465 e. The van der Waals surface area contributed by atoms with Gasteiger partial charge in [0.25, 0.3) is 0 Å². The monoisotopic (exact) mass is 248 g/mol. The van der Waals surface area contributed by atoms with E-state index in [0.29, 0.717) is 0 Å². The molecule has 0 bridgehead atoms. The van der Waals surface area contributed by atoms with E-state index >= 15 is 0 Å². The van der Waals surface area contributed by atoms with Crippen LogP contribution < -0.4 is 10.6 Å². The maximum Gasteiger partial charge on any atom is 0.404 e. The summed E-state index contributed by atoms with van der Waals surface area (Å²) in [6.07, 6.45) is -1.12. The molecule has 1 heterocycles. The lowest BCUT2D eigenvalue weighted by atomic mass is 9.82. The lowest BCUT2D eigenvalue weighted by molar-refractivity contribution is -0.126. The van der Waals surface area contributed by atoms with E-state index in [1.165, 1.54) is 0 Å². The number of carboxylic acid groups (broad SMARTS) is 1. The van der Waals surface area contributed by atoms with Crippen LogP contribution in [-0.4, -0.2) is 23.1 Å². The van der Waals surface area contributed by atoms with Gasteiger partial charge < -0.3 is 15.7 Å². The number of benzene rings is 1. The first-order chi connectivity index (χ1) is 8.43. The Balaban J connectivity index is 2.35. The van der Waals surface area contributed by atoms with Gasteiger partial charge in [-0.2, -0.15) is 0 Å². The van der Waals surface area contributed by atoms with Crippen molar-refractivity contribution in [1.82, 2.24) is 10.6 Å². The molecule has 0 spiro atoms. The van der Waals surface area contributed by atoms with E-state index in [2.05, 4.69) is 10.6 Å². The van der Waals surface area contributed by atoms with Crippen molar-refractivity contribution in [2.45, 2.75) is 25.9 Å².